The predicted octanol–water partition coefficient (Wildman–Crippen LogP) is 9.59. The molecule has 0 radical (unpaired) electrons. The molecule has 5 aromatic carbocycles. The van der Waals surface area contributed by atoms with E-state index in [4.69, 9.17) is 28.3 Å². The summed E-state index contributed by atoms with van der Waals surface area (Å²) in [5, 5.41) is 8.86. The highest BCUT2D eigenvalue weighted by atomic mass is 35.5. The highest BCUT2D eigenvalue weighted by molar-refractivity contribution is 8.27. The van der Waals surface area contributed by atoms with Gasteiger partial charge in [-0.3, -0.25) is 4.79 Å². The average Bonchev–Trinajstić information content (AvgIpc) is 3.55. The lowest BCUT2D eigenvalue weighted by atomic mass is 9.82. The molecule has 0 bridgehead atoms. The van der Waals surface area contributed by atoms with Crippen LogP contribution in [0.1, 0.15) is 32.6 Å². The van der Waals surface area contributed by atoms with Gasteiger partial charge in [0.25, 0.3) is 0 Å². The number of carbonyl (C=O) groups is 1. The van der Waals surface area contributed by atoms with Crippen LogP contribution in [0.25, 0.3) is 0 Å². The normalized spacial score (nSPS) is 18.8. The van der Waals surface area contributed by atoms with Crippen molar-refractivity contribution >= 4 is 63.2 Å². The molecular weight excluding hydrogens is 587 g/mol. The van der Waals surface area contributed by atoms with Gasteiger partial charge in [0.2, 0.25) is 5.78 Å². The largest absolute Gasteiger partial charge is 0.286 e. The van der Waals surface area contributed by atoms with Crippen molar-refractivity contribution in [2.75, 3.05) is 5.01 Å². The van der Waals surface area contributed by atoms with Crippen molar-refractivity contribution in [3.05, 3.63) is 171 Å². The van der Waals surface area contributed by atoms with Crippen LogP contribution < -0.4 is 5.01 Å². The van der Waals surface area contributed by atoms with Crippen molar-refractivity contribution in [1.29, 1.82) is 0 Å². The monoisotopic (exact) mass is 608 g/mol. The first-order chi connectivity index (χ1) is 20.0. The molecule has 0 aliphatic carbocycles. The smallest absolute Gasteiger partial charge is 0.219 e. The number of halogens is 2. The number of ketones is 1. The Morgan fingerprint density at radius 2 is 1.15 bits per heavy atom. The summed E-state index contributed by atoms with van der Waals surface area (Å²) in [6.45, 7) is 0. The Kier molecular flexibility index (Phi) is 6.71. The number of para-hydroxylation sites is 1. The maximum Gasteiger partial charge on any atom is 0.219 e. The summed E-state index contributed by atoms with van der Waals surface area (Å²) in [7, 11) is 0. The molecule has 2 aliphatic heterocycles. The number of fused-ring (bicyclic) bond motifs is 2. The van der Waals surface area contributed by atoms with Gasteiger partial charge in [-0.15, -0.1) is 0 Å². The van der Waals surface area contributed by atoms with Gasteiger partial charge < -0.3 is 0 Å². The van der Waals surface area contributed by atoms with Crippen LogP contribution in [0.3, 0.4) is 0 Å². The molecule has 41 heavy (non-hydrogen) atoms. The number of rotatable bonds is 5. The number of nitrogens with zero attached hydrogens (tertiary/aromatic N) is 2. The highest BCUT2D eigenvalue weighted by Gasteiger charge is 2.61. The number of Topliss-reactive ketones (excluding diaryl/α,β-unsaturated/α-hetero) is 1. The molecule has 5 aromatic rings. The van der Waals surface area contributed by atoms with Crippen LogP contribution >= 0.6 is 46.7 Å². The van der Waals surface area contributed by atoms with Crippen molar-refractivity contribution in [2.24, 2.45) is 5.10 Å². The first kappa shape index (κ1) is 26.4. The van der Waals surface area contributed by atoms with E-state index in [0.29, 0.717) is 20.7 Å². The lowest BCUT2D eigenvalue weighted by Crippen LogP contribution is -2.34. The Hall–Kier alpha value is -3.48. The fraction of sp³-hybridized carbons (Fsp3) is 0.0588. The van der Waals surface area contributed by atoms with E-state index in [9.17, 15) is 4.79 Å². The van der Waals surface area contributed by atoms with E-state index in [2.05, 4.69) is 48.5 Å². The van der Waals surface area contributed by atoms with Crippen molar-refractivity contribution in [1.82, 2.24) is 0 Å². The van der Waals surface area contributed by atoms with E-state index >= 15 is 0 Å². The van der Waals surface area contributed by atoms with Gasteiger partial charge in [0.15, 0.2) is 9.25 Å². The first-order valence-electron chi connectivity index (χ1n) is 13.1. The molecule has 1 atom stereocenters. The second-order valence-electron chi connectivity index (χ2n) is 9.77. The summed E-state index contributed by atoms with van der Waals surface area (Å²) in [5.41, 5.74) is 5.89. The second kappa shape index (κ2) is 10.4. The molecule has 200 valence electrons. The number of benzene rings is 5. The van der Waals surface area contributed by atoms with Crippen molar-refractivity contribution in [3.63, 3.8) is 0 Å². The van der Waals surface area contributed by atoms with Crippen LogP contribution in [-0.2, 0) is 8.95 Å². The molecule has 1 spiro atoms. The Morgan fingerprint density at radius 3 is 1.73 bits per heavy atom. The van der Waals surface area contributed by atoms with Crippen LogP contribution in [-0.4, -0.2) is 10.8 Å². The zero-order chi connectivity index (χ0) is 28.0. The van der Waals surface area contributed by atoms with Gasteiger partial charge in [0.1, 0.15) is 0 Å². The Labute approximate surface area is 257 Å². The maximum atomic E-state index is 13.8. The molecule has 0 saturated heterocycles. The zero-order valence-corrected chi connectivity index (χ0v) is 24.7. The van der Waals surface area contributed by atoms with E-state index in [1.54, 1.807) is 11.8 Å². The predicted molar refractivity (Wildman–Crippen MR) is 173 cm³/mol. The lowest BCUT2D eigenvalue weighted by molar-refractivity contribution is 0.106. The molecule has 0 saturated carbocycles. The van der Waals surface area contributed by atoms with E-state index < -0.39 is 8.95 Å². The molecular formula is C34H22Cl2N2OS2. The molecule has 7 rings (SSSR count). The molecule has 0 aromatic heterocycles. The van der Waals surface area contributed by atoms with E-state index in [1.165, 1.54) is 11.8 Å². The molecule has 0 N–H and O–H groups in total. The number of hydrogen-bond acceptors (Lipinski definition) is 5. The maximum absolute atomic E-state index is 13.8. The van der Waals surface area contributed by atoms with Crippen molar-refractivity contribution in [3.8, 4) is 0 Å². The van der Waals surface area contributed by atoms with Gasteiger partial charge in [-0.25, -0.2) is 5.01 Å². The number of carbonyl (C=O) groups excluding carboxylic acids is 1. The first-order valence-corrected chi connectivity index (χ1v) is 15.4. The van der Waals surface area contributed by atoms with Crippen molar-refractivity contribution < 1.29 is 4.79 Å². The number of hydrogen-bond donors (Lipinski definition) is 0. The fourth-order valence-electron chi connectivity index (χ4n) is 5.53. The Bertz CT molecular complexity index is 1730. The summed E-state index contributed by atoms with van der Waals surface area (Å²) < 4.78 is -1.40. The minimum atomic E-state index is -0.767. The van der Waals surface area contributed by atoms with Crippen molar-refractivity contribution in [2.45, 2.75) is 8.95 Å². The van der Waals surface area contributed by atoms with Crippen LogP contribution in [0.4, 0.5) is 5.69 Å². The van der Waals surface area contributed by atoms with Crippen LogP contribution in [0, 0.1) is 0 Å². The quantitative estimate of drug-likeness (QED) is 0.186. The Morgan fingerprint density at radius 1 is 0.634 bits per heavy atom. The fourth-order valence-corrected chi connectivity index (χ4v) is 9.41. The standard InChI is InChI=1S/C34H22Cl2N2OS2/c35-26-19-15-24(16-20-26)33(25-17-21-27(36)22-18-25)29-13-7-8-14-30(29)34(41-33)38(28-11-5-2-6-12-28)37-32(40-34)31(39)23-9-3-1-4-10-23/h1-22H/t34-/m0/s1. The molecule has 2 heterocycles. The number of thioether (sulfide) groups is 2. The average molecular weight is 610 g/mol. The van der Waals surface area contributed by atoms with Gasteiger partial charge in [-0.2, -0.15) is 5.10 Å². The Balaban J connectivity index is 1.48. The van der Waals surface area contributed by atoms with Gasteiger partial charge in [-0.05, 0) is 53.1 Å². The van der Waals surface area contributed by atoms with Gasteiger partial charge in [-0.1, -0.05) is 144 Å². The lowest BCUT2D eigenvalue weighted by Gasteiger charge is -2.37. The van der Waals surface area contributed by atoms with Gasteiger partial charge >= 0.3 is 0 Å². The number of anilines is 1. The summed E-state index contributed by atoms with van der Waals surface area (Å²) in [6, 6.07) is 43.9. The molecule has 0 unspecified atom stereocenters. The molecule has 0 fully saturated rings. The van der Waals surface area contributed by atoms with E-state index in [0.717, 1.165) is 27.9 Å². The zero-order valence-electron chi connectivity index (χ0n) is 21.6. The minimum absolute atomic E-state index is 0.0954. The molecule has 3 nitrogen and oxygen atoms in total. The molecule has 2 aliphatic rings. The molecule has 7 heteroatoms. The third-order valence-corrected chi connectivity index (χ3v) is 11.2. The summed E-state index contributed by atoms with van der Waals surface area (Å²) >= 11 is 16.0. The third kappa shape index (κ3) is 4.31. The summed E-state index contributed by atoms with van der Waals surface area (Å²) in [5.74, 6) is -0.0954. The highest BCUT2D eigenvalue weighted by Crippen LogP contribution is 2.71. The van der Waals surface area contributed by atoms with Crippen LogP contribution in [0.15, 0.2) is 139 Å². The minimum Gasteiger partial charge on any atom is -0.286 e. The van der Waals surface area contributed by atoms with Crippen LogP contribution in [0.5, 0.6) is 0 Å². The number of hydrazone groups is 1. The topological polar surface area (TPSA) is 32.7 Å². The SMILES string of the molecule is O=C(C1=NN(c2ccccc2)[C@@]2(S1)SC(c1ccc(Cl)cc1)(c1ccc(Cl)cc1)c1ccccc12)c1ccccc1. The summed E-state index contributed by atoms with van der Waals surface area (Å²) in [4.78, 5) is 13.8. The van der Waals surface area contributed by atoms with Gasteiger partial charge in [0.05, 0.1) is 10.4 Å². The van der Waals surface area contributed by atoms with Gasteiger partial charge in [0, 0.05) is 21.2 Å². The second-order valence-corrected chi connectivity index (χ2v) is 13.5. The molecule has 0 amide bonds. The van der Waals surface area contributed by atoms with E-state index in [1.807, 2.05) is 89.9 Å². The summed E-state index contributed by atoms with van der Waals surface area (Å²) in [6.07, 6.45) is 0. The van der Waals surface area contributed by atoms with Crippen LogP contribution in [0.2, 0.25) is 10.0 Å². The third-order valence-electron chi connectivity index (χ3n) is 7.38. The van der Waals surface area contributed by atoms with E-state index in [-0.39, 0.29) is 5.78 Å².